The lowest BCUT2D eigenvalue weighted by atomic mass is 10.2. The number of methoxy groups -OCH3 is 1. The molecule has 0 spiro atoms. The summed E-state index contributed by atoms with van der Waals surface area (Å²) in [6.45, 7) is 0. The van der Waals surface area contributed by atoms with Crippen LogP contribution in [0.3, 0.4) is 0 Å². The average Bonchev–Trinajstić information content (AvgIpc) is 3.04. The molecule has 0 saturated heterocycles. The fourth-order valence-electron chi connectivity index (χ4n) is 2.07. The number of hydrogen-bond acceptors (Lipinski definition) is 5. The highest BCUT2D eigenvalue weighted by Gasteiger charge is 2.11. The number of esters is 1. The molecule has 6 heteroatoms. The Morgan fingerprint density at radius 3 is 2.42 bits per heavy atom. The molecule has 0 unspecified atom stereocenters. The van der Waals surface area contributed by atoms with Gasteiger partial charge < -0.3 is 9.47 Å². The quantitative estimate of drug-likeness (QED) is 0.517. The normalized spacial score (nSPS) is 10.4. The number of halogens is 1. The first-order valence-corrected chi connectivity index (χ1v) is 8.07. The molecule has 24 heavy (non-hydrogen) atoms. The predicted molar refractivity (Wildman–Crippen MR) is 89.8 cm³/mol. The number of ether oxygens (including phenoxy) is 2. The number of thiazole rings is 1. The fourth-order valence-corrected chi connectivity index (χ4v) is 2.90. The fraction of sp³-hybridized carbons (Fsp3) is 0.111. The molecule has 3 rings (SSSR count). The number of carbonyl (C=O) groups is 1. The predicted octanol–water partition coefficient (Wildman–Crippen LogP) is 4.11. The van der Waals surface area contributed by atoms with Gasteiger partial charge >= 0.3 is 5.97 Å². The molecule has 0 N–H and O–H groups in total. The SMILES string of the molecule is COc1ccc(OC(=O)Cc2csc(-c3ccc(F)cc3)n2)cc1. The molecule has 2 aromatic carbocycles. The second-order valence-electron chi connectivity index (χ2n) is 4.98. The van der Waals surface area contributed by atoms with E-state index in [0.29, 0.717) is 17.2 Å². The number of carbonyl (C=O) groups excluding carboxylic acids is 1. The van der Waals surface area contributed by atoms with Gasteiger partial charge in [-0.25, -0.2) is 9.37 Å². The minimum absolute atomic E-state index is 0.0731. The monoisotopic (exact) mass is 343 g/mol. The van der Waals surface area contributed by atoms with Crippen molar-refractivity contribution in [2.45, 2.75) is 6.42 Å². The van der Waals surface area contributed by atoms with Gasteiger partial charge in [0.1, 0.15) is 22.3 Å². The first-order valence-electron chi connectivity index (χ1n) is 7.19. The van der Waals surface area contributed by atoms with Crippen molar-refractivity contribution in [2.24, 2.45) is 0 Å². The van der Waals surface area contributed by atoms with Gasteiger partial charge in [0.2, 0.25) is 0 Å². The lowest BCUT2D eigenvalue weighted by Gasteiger charge is -2.04. The zero-order chi connectivity index (χ0) is 16.9. The van der Waals surface area contributed by atoms with Crippen LogP contribution in [-0.2, 0) is 11.2 Å². The molecule has 0 saturated carbocycles. The number of nitrogens with zero attached hydrogens (tertiary/aromatic N) is 1. The van der Waals surface area contributed by atoms with E-state index < -0.39 is 5.97 Å². The molecule has 3 aromatic rings. The Labute approximate surface area is 142 Å². The maximum absolute atomic E-state index is 12.9. The standard InChI is InChI=1S/C18H14FNO3S/c1-22-15-6-8-16(9-7-15)23-17(21)10-14-11-24-18(20-14)12-2-4-13(19)5-3-12/h2-9,11H,10H2,1H3. The molecular formula is C18H14FNO3S. The van der Waals surface area contributed by atoms with Crippen molar-refractivity contribution in [3.8, 4) is 22.1 Å². The Morgan fingerprint density at radius 1 is 1.08 bits per heavy atom. The summed E-state index contributed by atoms with van der Waals surface area (Å²) >= 11 is 1.40. The minimum atomic E-state index is -0.392. The third kappa shape index (κ3) is 3.97. The Bertz CT molecular complexity index is 828. The van der Waals surface area contributed by atoms with Crippen molar-refractivity contribution in [1.82, 2.24) is 4.98 Å². The van der Waals surface area contributed by atoms with Gasteiger partial charge in [-0.1, -0.05) is 0 Å². The van der Waals surface area contributed by atoms with Crippen LogP contribution in [0.5, 0.6) is 11.5 Å². The molecule has 122 valence electrons. The molecule has 4 nitrogen and oxygen atoms in total. The molecule has 0 bridgehead atoms. The van der Waals surface area contributed by atoms with Gasteiger partial charge in [-0.2, -0.15) is 0 Å². The molecule has 0 amide bonds. The highest BCUT2D eigenvalue weighted by molar-refractivity contribution is 7.13. The summed E-state index contributed by atoms with van der Waals surface area (Å²) in [5, 5.41) is 2.54. The van der Waals surface area contributed by atoms with E-state index in [1.165, 1.54) is 23.5 Å². The van der Waals surface area contributed by atoms with Crippen molar-refractivity contribution in [1.29, 1.82) is 0 Å². The van der Waals surface area contributed by atoms with Gasteiger partial charge in [-0.05, 0) is 48.5 Å². The van der Waals surface area contributed by atoms with Gasteiger partial charge in [-0.15, -0.1) is 11.3 Å². The van der Waals surface area contributed by atoms with Crippen molar-refractivity contribution >= 4 is 17.3 Å². The van der Waals surface area contributed by atoms with E-state index in [1.807, 2.05) is 0 Å². The van der Waals surface area contributed by atoms with Gasteiger partial charge in [0.25, 0.3) is 0 Å². The van der Waals surface area contributed by atoms with Crippen molar-refractivity contribution in [3.63, 3.8) is 0 Å². The summed E-state index contributed by atoms with van der Waals surface area (Å²) < 4.78 is 23.3. The maximum Gasteiger partial charge on any atom is 0.317 e. The maximum atomic E-state index is 12.9. The molecule has 1 aromatic heterocycles. The Hall–Kier alpha value is -2.73. The van der Waals surface area contributed by atoms with E-state index in [0.717, 1.165) is 10.6 Å². The molecule has 0 aliphatic carbocycles. The largest absolute Gasteiger partial charge is 0.497 e. The second-order valence-corrected chi connectivity index (χ2v) is 5.84. The van der Waals surface area contributed by atoms with Crippen LogP contribution in [0.1, 0.15) is 5.69 Å². The van der Waals surface area contributed by atoms with Gasteiger partial charge in [0.15, 0.2) is 0 Å². The minimum Gasteiger partial charge on any atom is -0.497 e. The van der Waals surface area contributed by atoms with Crippen molar-refractivity contribution in [3.05, 3.63) is 65.4 Å². The van der Waals surface area contributed by atoms with Crippen molar-refractivity contribution in [2.75, 3.05) is 7.11 Å². The number of benzene rings is 2. The summed E-state index contributed by atoms with van der Waals surface area (Å²) in [4.78, 5) is 16.4. The van der Waals surface area contributed by atoms with E-state index >= 15 is 0 Å². The highest BCUT2D eigenvalue weighted by Crippen LogP contribution is 2.24. The van der Waals surface area contributed by atoms with Crippen LogP contribution in [0.15, 0.2) is 53.9 Å². The molecule has 0 radical (unpaired) electrons. The van der Waals surface area contributed by atoms with E-state index in [1.54, 1.807) is 48.9 Å². The highest BCUT2D eigenvalue weighted by atomic mass is 32.1. The van der Waals surface area contributed by atoms with Crippen LogP contribution in [0.2, 0.25) is 0 Å². The number of rotatable bonds is 5. The number of hydrogen-bond donors (Lipinski definition) is 0. The van der Waals surface area contributed by atoms with E-state index in [2.05, 4.69) is 4.98 Å². The van der Waals surface area contributed by atoms with Crippen LogP contribution in [0.4, 0.5) is 4.39 Å². The van der Waals surface area contributed by atoms with Gasteiger partial charge in [0, 0.05) is 10.9 Å². The summed E-state index contributed by atoms with van der Waals surface area (Å²) in [5.74, 6) is 0.461. The Kier molecular flexibility index (Phi) is 4.86. The topological polar surface area (TPSA) is 48.4 Å². The summed E-state index contributed by atoms with van der Waals surface area (Å²) in [6, 6.07) is 12.9. The number of aromatic nitrogens is 1. The Balaban J connectivity index is 1.63. The lowest BCUT2D eigenvalue weighted by molar-refractivity contribution is -0.133. The molecular weight excluding hydrogens is 329 g/mol. The van der Waals surface area contributed by atoms with Crippen LogP contribution in [0.25, 0.3) is 10.6 Å². The summed E-state index contributed by atoms with van der Waals surface area (Å²) in [5.41, 5.74) is 1.44. The summed E-state index contributed by atoms with van der Waals surface area (Å²) in [7, 11) is 1.57. The summed E-state index contributed by atoms with van der Waals surface area (Å²) in [6.07, 6.45) is 0.0731. The van der Waals surface area contributed by atoms with Crippen molar-refractivity contribution < 1.29 is 18.7 Å². The van der Waals surface area contributed by atoms with E-state index in [9.17, 15) is 9.18 Å². The zero-order valence-corrected chi connectivity index (χ0v) is 13.7. The van der Waals surface area contributed by atoms with Gasteiger partial charge in [0.05, 0.1) is 19.2 Å². The van der Waals surface area contributed by atoms with E-state index in [4.69, 9.17) is 9.47 Å². The first kappa shape index (κ1) is 16.1. The zero-order valence-electron chi connectivity index (χ0n) is 12.9. The molecule has 1 heterocycles. The van der Waals surface area contributed by atoms with E-state index in [-0.39, 0.29) is 12.2 Å². The molecule has 0 aliphatic rings. The van der Waals surface area contributed by atoms with Crippen LogP contribution >= 0.6 is 11.3 Å². The molecule has 0 aliphatic heterocycles. The molecule has 0 atom stereocenters. The van der Waals surface area contributed by atoms with Crippen LogP contribution in [0, 0.1) is 5.82 Å². The third-order valence-corrected chi connectivity index (χ3v) is 4.20. The van der Waals surface area contributed by atoms with Gasteiger partial charge in [-0.3, -0.25) is 4.79 Å². The Morgan fingerprint density at radius 2 is 1.75 bits per heavy atom. The lowest BCUT2D eigenvalue weighted by Crippen LogP contribution is -2.11. The van der Waals surface area contributed by atoms with Crippen LogP contribution < -0.4 is 9.47 Å². The average molecular weight is 343 g/mol. The second kappa shape index (κ2) is 7.23. The first-order chi connectivity index (χ1) is 11.6. The smallest absolute Gasteiger partial charge is 0.317 e. The third-order valence-electron chi connectivity index (χ3n) is 3.26. The molecule has 0 fully saturated rings. The van der Waals surface area contributed by atoms with Crippen LogP contribution in [-0.4, -0.2) is 18.1 Å².